The first kappa shape index (κ1) is 7.15. The minimum atomic E-state index is 0.466. The Morgan fingerprint density at radius 2 is 2.40 bits per heavy atom. The highest BCUT2D eigenvalue weighted by Crippen LogP contribution is 2.19. The summed E-state index contributed by atoms with van der Waals surface area (Å²) in [6.45, 7) is 2.45. The molecule has 1 aromatic rings. The molecule has 0 atom stereocenters. The second kappa shape index (κ2) is 2.75. The fourth-order valence-corrected chi connectivity index (χ4v) is 0.905. The van der Waals surface area contributed by atoms with Gasteiger partial charge in [0.05, 0.1) is 12.2 Å². The van der Waals surface area contributed by atoms with Crippen LogP contribution in [0.4, 0.5) is 5.69 Å². The molecule has 0 unspecified atom stereocenters. The van der Waals surface area contributed by atoms with Gasteiger partial charge < -0.3 is 15.5 Å². The summed E-state index contributed by atoms with van der Waals surface area (Å²) in [6, 6.07) is 0. The van der Waals surface area contributed by atoms with Gasteiger partial charge in [-0.3, -0.25) is 0 Å². The molecular weight excluding hydrogens is 128 g/mol. The quantitative estimate of drug-likeness (QED) is 0.646. The maximum Gasteiger partial charge on any atom is 0.122 e. The molecule has 0 spiro atoms. The van der Waals surface area contributed by atoms with Gasteiger partial charge in [0, 0.05) is 12.6 Å². The molecule has 0 aliphatic rings. The summed E-state index contributed by atoms with van der Waals surface area (Å²) in [5, 5.41) is 3.00. The van der Waals surface area contributed by atoms with Gasteiger partial charge in [-0.1, -0.05) is 0 Å². The first-order chi connectivity index (χ1) is 4.79. The van der Waals surface area contributed by atoms with Crippen LogP contribution in [0.1, 0.15) is 11.3 Å². The van der Waals surface area contributed by atoms with E-state index in [1.165, 1.54) is 0 Å². The summed E-state index contributed by atoms with van der Waals surface area (Å²) in [5.74, 6) is 0.851. The van der Waals surface area contributed by atoms with Gasteiger partial charge in [-0.15, -0.1) is 0 Å². The molecule has 1 heterocycles. The van der Waals surface area contributed by atoms with Crippen LogP contribution in [0.3, 0.4) is 0 Å². The number of hydrogen-bond donors (Lipinski definition) is 2. The van der Waals surface area contributed by atoms with Gasteiger partial charge >= 0.3 is 0 Å². The molecule has 0 radical (unpaired) electrons. The highest BCUT2D eigenvalue weighted by Gasteiger charge is 2.04. The van der Waals surface area contributed by atoms with E-state index in [9.17, 15) is 0 Å². The van der Waals surface area contributed by atoms with Gasteiger partial charge in [-0.25, -0.2) is 0 Å². The Kier molecular flexibility index (Phi) is 1.97. The molecule has 0 aliphatic heterocycles. The molecule has 0 amide bonds. The van der Waals surface area contributed by atoms with Crippen molar-refractivity contribution in [1.29, 1.82) is 0 Å². The van der Waals surface area contributed by atoms with Gasteiger partial charge in [-0.2, -0.15) is 0 Å². The van der Waals surface area contributed by atoms with Crippen molar-refractivity contribution >= 4 is 5.69 Å². The predicted molar refractivity (Wildman–Crippen MR) is 40.9 cm³/mol. The van der Waals surface area contributed by atoms with Crippen molar-refractivity contribution < 1.29 is 4.42 Å². The zero-order valence-corrected chi connectivity index (χ0v) is 6.27. The lowest BCUT2D eigenvalue weighted by molar-refractivity contribution is 0.510. The number of hydrogen-bond acceptors (Lipinski definition) is 3. The van der Waals surface area contributed by atoms with E-state index in [1.807, 2.05) is 14.0 Å². The van der Waals surface area contributed by atoms with Crippen LogP contribution in [-0.4, -0.2) is 7.05 Å². The molecular formula is C7H12N2O. The molecule has 0 fully saturated rings. The molecule has 3 heteroatoms. The smallest absolute Gasteiger partial charge is 0.122 e. The zero-order chi connectivity index (χ0) is 7.56. The first-order valence-corrected chi connectivity index (χ1v) is 3.24. The summed E-state index contributed by atoms with van der Waals surface area (Å²) in [6.07, 6.45) is 1.68. The maximum atomic E-state index is 5.40. The van der Waals surface area contributed by atoms with E-state index in [0.717, 1.165) is 17.0 Å². The Balaban J connectivity index is 2.97. The van der Waals surface area contributed by atoms with Crippen LogP contribution in [-0.2, 0) is 6.54 Å². The van der Waals surface area contributed by atoms with Crippen LogP contribution in [0, 0.1) is 6.92 Å². The normalized spacial score (nSPS) is 9.90. The van der Waals surface area contributed by atoms with Gasteiger partial charge in [0.25, 0.3) is 0 Å². The number of nitrogens with one attached hydrogen (secondary N) is 1. The van der Waals surface area contributed by atoms with Gasteiger partial charge in [0.15, 0.2) is 0 Å². The highest BCUT2D eigenvalue weighted by atomic mass is 16.3. The Morgan fingerprint density at radius 1 is 1.70 bits per heavy atom. The zero-order valence-electron chi connectivity index (χ0n) is 6.27. The average molecular weight is 140 g/mol. The van der Waals surface area contributed by atoms with Crippen molar-refractivity contribution in [2.45, 2.75) is 13.5 Å². The fraction of sp³-hybridized carbons (Fsp3) is 0.429. The maximum absolute atomic E-state index is 5.40. The Labute approximate surface area is 60.2 Å². The Morgan fingerprint density at radius 3 is 2.70 bits per heavy atom. The van der Waals surface area contributed by atoms with Crippen molar-refractivity contribution in [3.63, 3.8) is 0 Å². The Hall–Kier alpha value is -0.960. The lowest BCUT2D eigenvalue weighted by Gasteiger charge is -1.94. The highest BCUT2D eigenvalue weighted by molar-refractivity contribution is 5.49. The summed E-state index contributed by atoms with van der Waals surface area (Å²) in [5.41, 5.74) is 7.51. The van der Waals surface area contributed by atoms with Gasteiger partial charge in [0.2, 0.25) is 0 Å². The van der Waals surface area contributed by atoms with Crippen molar-refractivity contribution in [2.24, 2.45) is 5.73 Å². The molecule has 0 aromatic carbocycles. The standard InChI is InChI=1S/C7H12N2O/c1-5-6(9-2)4-10-7(5)3-8/h4,9H,3,8H2,1-2H3. The van der Waals surface area contributed by atoms with Crippen molar-refractivity contribution in [1.82, 2.24) is 0 Å². The monoisotopic (exact) mass is 140 g/mol. The Bertz CT molecular complexity index is 196. The molecule has 0 saturated carbocycles. The SMILES string of the molecule is CNc1coc(CN)c1C. The lowest BCUT2D eigenvalue weighted by Crippen LogP contribution is -1.96. The second-order valence-corrected chi connectivity index (χ2v) is 2.15. The average Bonchev–Trinajstić information content (AvgIpc) is 2.30. The lowest BCUT2D eigenvalue weighted by atomic mass is 10.2. The van der Waals surface area contributed by atoms with Crippen LogP contribution < -0.4 is 11.1 Å². The number of nitrogens with two attached hydrogens (primary N) is 1. The van der Waals surface area contributed by atoms with E-state index in [0.29, 0.717) is 6.54 Å². The van der Waals surface area contributed by atoms with Crippen molar-refractivity contribution in [2.75, 3.05) is 12.4 Å². The van der Waals surface area contributed by atoms with E-state index in [4.69, 9.17) is 10.2 Å². The largest absolute Gasteiger partial charge is 0.465 e. The van der Waals surface area contributed by atoms with E-state index in [1.54, 1.807) is 6.26 Å². The molecule has 10 heavy (non-hydrogen) atoms. The van der Waals surface area contributed by atoms with Crippen LogP contribution in [0.25, 0.3) is 0 Å². The molecule has 1 aromatic heterocycles. The summed E-state index contributed by atoms with van der Waals surface area (Å²) < 4.78 is 5.15. The van der Waals surface area contributed by atoms with Crippen LogP contribution >= 0.6 is 0 Å². The summed E-state index contributed by atoms with van der Waals surface area (Å²) in [4.78, 5) is 0. The molecule has 3 nitrogen and oxygen atoms in total. The van der Waals surface area contributed by atoms with Crippen LogP contribution in [0.5, 0.6) is 0 Å². The molecule has 0 saturated heterocycles. The van der Waals surface area contributed by atoms with Crippen LogP contribution in [0.15, 0.2) is 10.7 Å². The molecule has 0 aliphatic carbocycles. The van der Waals surface area contributed by atoms with Crippen molar-refractivity contribution in [3.05, 3.63) is 17.6 Å². The van der Waals surface area contributed by atoms with E-state index in [-0.39, 0.29) is 0 Å². The van der Waals surface area contributed by atoms with E-state index < -0.39 is 0 Å². The summed E-state index contributed by atoms with van der Waals surface area (Å²) in [7, 11) is 1.86. The van der Waals surface area contributed by atoms with Gasteiger partial charge in [-0.05, 0) is 6.92 Å². The minimum Gasteiger partial charge on any atom is -0.465 e. The number of rotatable bonds is 2. The second-order valence-electron chi connectivity index (χ2n) is 2.15. The summed E-state index contributed by atoms with van der Waals surface area (Å²) >= 11 is 0. The molecule has 1 rings (SSSR count). The fourth-order valence-electron chi connectivity index (χ4n) is 0.905. The third kappa shape index (κ3) is 0.998. The molecule has 0 bridgehead atoms. The third-order valence-electron chi connectivity index (χ3n) is 1.60. The van der Waals surface area contributed by atoms with Crippen LogP contribution in [0.2, 0.25) is 0 Å². The van der Waals surface area contributed by atoms with Gasteiger partial charge in [0.1, 0.15) is 12.0 Å². The minimum absolute atomic E-state index is 0.466. The van der Waals surface area contributed by atoms with E-state index in [2.05, 4.69) is 5.32 Å². The number of furan rings is 1. The van der Waals surface area contributed by atoms with Crippen molar-refractivity contribution in [3.8, 4) is 0 Å². The molecule has 3 N–H and O–H groups in total. The predicted octanol–water partition coefficient (Wildman–Crippen LogP) is 1.09. The molecule has 56 valence electrons. The first-order valence-electron chi connectivity index (χ1n) is 3.24. The third-order valence-corrected chi connectivity index (χ3v) is 1.60. The topological polar surface area (TPSA) is 51.2 Å². The number of anilines is 1. The van der Waals surface area contributed by atoms with E-state index >= 15 is 0 Å².